The summed E-state index contributed by atoms with van der Waals surface area (Å²) in [5.74, 6) is -1.60. The van der Waals surface area contributed by atoms with Crippen LogP contribution in [0.25, 0.3) is 10.6 Å². The Morgan fingerprint density at radius 1 is 1.30 bits per heavy atom. The van der Waals surface area contributed by atoms with Crippen molar-refractivity contribution in [2.75, 3.05) is 13.1 Å². The zero-order chi connectivity index (χ0) is 14.5. The number of carboxylic acids is 2. The summed E-state index contributed by atoms with van der Waals surface area (Å²) in [6.45, 7) is -0.630. The molecule has 0 saturated heterocycles. The molecular formula is C12H12N2O5S. The molecule has 0 fully saturated rings. The van der Waals surface area contributed by atoms with Crippen LogP contribution in [0.3, 0.4) is 0 Å². The Bertz CT molecular complexity index is 577. The van der Waals surface area contributed by atoms with Crippen LogP contribution in [0.2, 0.25) is 0 Å². The second-order valence-electron chi connectivity index (χ2n) is 4.09. The third-order valence-electron chi connectivity index (χ3n) is 2.43. The summed E-state index contributed by atoms with van der Waals surface area (Å²) in [6, 6.07) is 5.44. The van der Waals surface area contributed by atoms with Crippen molar-refractivity contribution in [3.63, 3.8) is 0 Å². The summed E-state index contributed by atoms with van der Waals surface area (Å²) in [5, 5.41) is 23.2. The molecule has 0 unspecified atom stereocenters. The minimum Gasteiger partial charge on any atom is -0.480 e. The lowest BCUT2D eigenvalue weighted by Gasteiger charge is -2.15. The highest BCUT2D eigenvalue weighted by atomic mass is 32.1. The molecule has 0 atom stereocenters. The topological polar surface area (TPSA) is 104 Å². The second kappa shape index (κ2) is 6.31. The summed E-state index contributed by atoms with van der Waals surface area (Å²) >= 11 is 1.49. The molecule has 0 aromatic carbocycles. The summed E-state index contributed by atoms with van der Waals surface area (Å²) in [5.41, 5.74) is 0.496. The smallest absolute Gasteiger partial charge is 0.317 e. The van der Waals surface area contributed by atoms with Crippen molar-refractivity contribution >= 4 is 23.3 Å². The maximum Gasteiger partial charge on any atom is 0.317 e. The van der Waals surface area contributed by atoms with Crippen molar-refractivity contribution in [3.05, 3.63) is 29.3 Å². The standard InChI is InChI=1S/C12H12N2O5S/c15-11(16)6-14(7-12(17)18)5-8-4-9(19-13-8)10-2-1-3-20-10/h1-4H,5-7H2,(H,15,16)(H,17,18). The molecule has 0 radical (unpaired) electrons. The number of rotatable bonds is 7. The molecule has 0 spiro atoms. The van der Waals surface area contributed by atoms with E-state index in [1.165, 1.54) is 16.2 Å². The summed E-state index contributed by atoms with van der Waals surface area (Å²) in [4.78, 5) is 23.6. The van der Waals surface area contributed by atoms with E-state index in [2.05, 4.69) is 5.16 Å². The van der Waals surface area contributed by atoms with Crippen molar-refractivity contribution in [2.24, 2.45) is 0 Å². The molecule has 0 bridgehead atoms. The molecule has 2 N–H and O–H groups in total. The lowest BCUT2D eigenvalue weighted by molar-refractivity contribution is -0.142. The molecule has 106 valence electrons. The van der Waals surface area contributed by atoms with Gasteiger partial charge >= 0.3 is 11.9 Å². The lowest BCUT2D eigenvalue weighted by atomic mass is 10.3. The molecule has 7 nitrogen and oxygen atoms in total. The Hall–Kier alpha value is -2.19. The first-order valence-corrected chi connectivity index (χ1v) is 6.58. The zero-order valence-corrected chi connectivity index (χ0v) is 11.2. The molecule has 8 heteroatoms. The molecule has 0 saturated carbocycles. The quantitative estimate of drug-likeness (QED) is 0.795. The van der Waals surface area contributed by atoms with Crippen molar-refractivity contribution in [2.45, 2.75) is 6.54 Å². The first-order chi connectivity index (χ1) is 9.54. The average molecular weight is 296 g/mol. The summed E-state index contributed by atoms with van der Waals surface area (Å²) in [7, 11) is 0. The van der Waals surface area contributed by atoms with Crippen LogP contribution in [0.4, 0.5) is 0 Å². The van der Waals surface area contributed by atoms with Gasteiger partial charge in [-0.2, -0.15) is 0 Å². The molecule has 0 amide bonds. The van der Waals surface area contributed by atoms with E-state index in [4.69, 9.17) is 14.7 Å². The van der Waals surface area contributed by atoms with Crippen LogP contribution >= 0.6 is 11.3 Å². The fourth-order valence-electron chi connectivity index (χ4n) is 1.70. The second-order valence-corrected chi connectivity index (χ2v) is 5.04. The number of hydrogen-bond acceptors (Lipinski definition) is 6. The maximum atomic E-state index is 10.7. The molecule has 2 rings (SSSR count). The molecule has 0 aliphatic rings. The number of hydrogen-bond donors (Lipinski definition) is 2. The summed E-state index contributed by atoms with van der Waals surface area (Å²) < 4.78 is 5.16. The first kappa shape index (κ1) is 14.2. The van der Waals surface area contributed by atoms with E-state index >= 15 is 0 Å². The van der Waals surface area contributed by atoms with E-state index in [1.807, 2.05) is 17.5 Å². The van der Waals surface area contributed by atoms with Crippen LogP contribution in [0.15, 0.2) is 28.1 Å². The van der Waals surface area contributed by atoms with Gasteiger partial charge in [-0.05, 0) is 11.4 Å². The van der Waals surface area contributed by atoms with Crippen LogP contribution in [0.5, 0.6) is 0 Å². The molecule has 2 heterocycles. The molecule has 20 heavy (non-hydrogen) atoms. The van der Waals surface area contributed by atoms with Crippen molar-refractivity contribution < 1.29 is 24.3 Å². The number of nitrogens with zero attached hydrogens (tertiary/aromatic N) is 2. The highest BCUT2D eigenvalue weighted by Gasteiger charge is 2.16. The van der Waals surface area contributed by atoms with E-state index in [-0.39, 0.29) is 19.6 Å². The van der Waals surface area contributed by atoms with Crippen molar-refractivity contribution in [1.29, 1.82) is 0 Å². The minimum absolute atomic E-state index is 0.105. The Morgan fingerprint density at radius 3 is 2.55 bits per heavy atom. The van der Waals surface area contributed by atoms with Gasteiger partial charge in [0.05, 0.1) is 23.7 Å². The van der Waals surface area contributed by atoms with E-state index in [1.54, 1.807) is 6.07 Å². The molecule has 0 aliphatic heterocycles. The Labute approximate surface area is 118 Å². The highest BCUT2D eigenvalue weighted by Crippen LogP contribution is 2.25. The normalized spacial score (nSPS) is 10.8. The van der Waals surface area contributed by atoms with Gasteiger partial charge in [0.15, 0.2) is 5.76 Å². The van der Waals surface area contributed by atoms with Gasteiger partial charge < -0.3 is 14.7 Å². The lowest BCUT2D eigenvalue weighted by Crippen LogP contribution is -2.34. The monoisotopic (exact) mass is 296 g/mol. The zero-order valence-electron chi connectivity index (χ0n) is 10.4. The van der Waals surface area contributed by atoms with Crippen LogP contribution < -0.4 is 0 Å². The van der Waals surface area contributed by atoms with E-state index in [0.29, 0.717) is 11.5 Å². The van der Waals surface area contributed by atoms with Crippen LogP contribution in [-0.4, -0.2) is 45.3 Å². The fourth-order valence-corrected chi connectivity index (χ4v) is 2.37. The van der Waals surface area contributed by atoms with Gasteiger partial charge in [-0.25, -0.2) is 0 Å². The van der Waals surface area contributed by atoms with Gasteiger partial charge in [-0.3, -0.25) is 14.5 Å². The van der Waals surface area contributed by atoms with Gasteiger partial charge in [0.25, 0.3) is 0 Å². The number of thiophene rings is 1. The van der Waals surface area contributed by atoms with E-state index in [9.17, 15) is 9.59 Å². The number of aromatic nitrogens is 1. The molecule has 0 aliphatic carbocycles. The molecule has 2 aromatic rings. The predicted octanol–water partition coefficient (Wildman–Crippen LogP) is 1.37. The number of aliphatic carboxylic acids is 2. The van der Waals surface area contributed by atoms with Crippen LogP contribution in [0, 0.1) is 0 Å². The number of carboxylic acid groups (broad SMARTS) is 2. The van der Waals surface area contributed by atoms with E-state index < -0.39 is 11.9 Å². The highest BCUT2D eigenvalue weighted by molar-refractivity contribution is 7.13. The SMILES string of the molecule is O=C(O)CN(CC(=O)O)Cc1cc(-c2cccs2)on1. The van der Waals surface area contributed by atoms with Gasteiger partial charge in [-0.1, -0.05) is 11.2 Å². The molecular weight excluding hydrogens is 284 g/mol. The van der Waals surface area contributed by atoms with Gasteiger partial charge in [0.2, 0.25) is 0 Å². The average Bonchev–Trinajstić information content (AvgIpc) is 2.95. The Balaban J connectivity index is 2.06. The van der Waals surface area contributed by atoms with Crippen LogP contribution in [-0.2, 0) is 16.1 Å². The fraction of sp³-hybridized carbons (Fsp3) is 0.250. The van der Waals surface area contributed by atoms with E-state index in [0.717, 1.165) is 4.88 Å². The first-order valence-electron chi connectivity index (χ1n) is 5.70. The molecule has 2 aromatic heterocycles. The third kappa shape index (κ3) is 3.90. The Kier molecular flexibility index (Phi) is 4.49. The van der Waals surface area contributed by atoms with Crippen molar-refractivity contribution in [1.82, 2.24) is 10.1 Å². The number of carbonyl (C=O) groups is 2. The maximum absolute atomic E-state index is 10.7. The largest absolute Gasteiger partial charge is 0.480 e. The van der Waals surface area contributed by atoms with Crippen molar-refractivity contribution in [3.8, 4) is 10.6 Å². The summed E-state index contributed by atoms with van der Waals surface area (Å²) in [6.07, 6.45) is 0. The Morgan fingerprint density at radius 2 is 2.00 bits per heavy atom. The third-order valence-corrected chi connectivity index (χ3v) is 3.31. The van der Waals surface area contributed by atoms with Gasteiger partial charge in [0.1, 0.15) is 0 Å². The van der Waals surface area contributed by atoms with Crippen LogP contribution in [0.1, 0.15) is 5.69 Å². The predicted molar refractivity (Wildman–Crippen MR) is 70.4 cm³/mol. The van der Waals surface area contributed by atoms with Gasteiger partial charge in [-0.15, -0.1) is 11.3 Å². The van der Waals surface area contributed by atoms with Gasteiger partial charge in [0, 0.05) is 12.6 Å². The minimum atomic E-state index is -1.09.